The van der Waals surface area contributed by atoms with E-state index in [0.717, 1.165) is 41.7 Å². The number of carboxylic acid groups (broad SMARTS) is 1. The monoisotopic (exact) mass is 409 g/mol. The molecule has 150 valence electrons. The zero-order valence-corrected chi connectivity index (χ0v) is 17.3. The fourth-order valence-corrected chi connectivity index (χ4v) is 4.71. The number of hydrogen-bond acceptors (Lipinski definition) is 4. The molecule has 1 N–H and O–H groups in total. The molecule has 0 spiro atoms. The van der Waals surface area contributed by atoms with E-state index in [0.29, 0.717) is 13.0 Å². The Bertz CT molecular complexity index is 1060. The molecule has 0 amide bonds. The number of fused-ring (bicyclic) bond motifs is 2. The zero-order valence-electron chi connectivity index (χ0n) is 16.5. The minimum atomic E-state index is -0.772. The summed E-state index contributed by atoms with van der Waals surface area (Å²) in [4.78, 5) is 13.1. The lowest BCUT2D eigenvalue weighted by Gasteiger charge is -2.17. The number of unbranched alkanes of at least 4 members (excludes halogenated alkanes) is 1. The van der Waals surface area contributed by atoms with Crippen LogP contribution in [-0.4, -0.2) is 17.6 Å². The SMILES string of the molecule is CCCC[n+]1c(/C=C2/Oc3ccccc3N2CCCC(=O)O)sc2ccccc21. The Balaban J connectivity index is 1.71. The van der Waals surface area contributed by atoms with Gasteiger partial charge < -0.3 is 14.7 Å². The summed E-state index contributed by atoms with van der Waals surface area (Å²) in [7, 11) is 0. The third-order valence-corrected chi connectivity index (χ3v) is 6.14. The number of aliphatic carboxylic acids is 1. The maximum absolute atomic E-state index is 11.0. The lowest BCUT2D eigenvalue weighted by molar-refractivity contribution is -0.669. The summed E-state index contributed by atoms with van der Waals surface area (Å²) < 4.78 is 9.78. The second-order valence-corrected chi connectivity index (χ2v) is 8.18. The molecule has 0 aliphatic carbocycles. The Hall–Kier alpha value is -2.86. The van der Waals surface area contributed by atoms with Gasteiger partial charge in [0.05, 0.1) is 11.8 Å². The first-order valence-electron chi connectivity index (χ1n) is 10.1. The van der Waals surface area contributed by atoms with Gasteiger partial charge in [-0.1, -0.05) is 48.9 Å². The van der Waals surface area contributed by atoms with Crippen LogP contribution in [0.25, 0.3) is 16.3 Å². The van der Waals surface area contributed by atoms with Crippen LogP contribution in [0.3, 0.4) is 0 Å². The van der Waals surface area contributed by atoms with E-state index in [2.05, 4.69) is 46.7 Å². The second-order valence-electron chi connectivity index (χ2n) is 7.11. The first-order valence-corrected chi connectivity index (χ1v) is 10.9. The second kappa shape index (κ2) is 8.66. The molecule has 4 rings (SSSR count). The van der Waals surface area contributed by atoms with Gasteiger partial charge in [-0.05, 0) is 24.6 Å². The molecular weight excluding hydrogens is 384 g/mol. The third kappa shape index (κ3) is 4.12. The molecule has 0 fully saturated rings. The summed E-state index contributed by atoms with van der Waals surface area (Å²) in [6, 6.07) is 16.4. The van der Waals surface area contributed by atoms with Crippen LogP contribution in [0.4, 0.5) is 5.69 Å². The molecule has 0 bridgehead atoms. The molecule has 1 aliphatic rings. The lowest BCUT2D eigenvalue weighted by Crippen LogP contribution is -2.35. The van der Waals surface area contributed by atoms with Gasteiger partial charge in [-0.25, -0.2) is 0 Å². The van der Waals surface area contributed by atoms with Gasteiger partial charge in [0.2, 0.25) is 11.4 Å². The molecule has 1 aromatic heterocycles. The van der Waals surface area contributed by atoms with Crippen molar-refractivity contribution >= 4 is 39.3 Å². The summed E-state index contributed by atoms with van der Waals surface area (Å²) in [6.45, 7) is 3.77. The number of carboxylic acids is 1. The summed E-state index contributed by atoms with van der Waals surface area (Å²) in [6.07, 6.45) is 5.06. The molecule has 0 saturated heterocycles. The fourth-order valence-electron chi connectivity index (χ4n) is 3.59. The van der Waals surface area contributed by atoms with Crippen LogP contribution in [0.5, 0.6) is 5.75 Å². The van der Waals surface area contributed by atoms with Gasteiger partial charge >= 0.3 is 5.97 Å². The van der Waals surface area contributed by atoms with Crippen LogP contribution in [-0.2, 0) is 11.3 Å². The van der Waals surface area contributed by atoms with Gasteiger partial charge in [0.25, 0.3) is 5.01 Å². The quantitative estimate of drug-likeness (QED) is 0.529. The smallest absolute Gasteiger partial charge is 0.303 e. The van der Waals surface area contributed by atoms with Gasteiger partial charge in [0.1, 0.15) is 4.70 Å². The first-order chi connectivity index (χ1) is 14.2. The van der Waals surface area contributed by atoms with Crippen LogP contribution in [0.15, 0.2) is 54.4 Å². The van der Waals surface area contributed by atoms with Crippen molar-refractivity contribution in [2.75, 3.05) is 11.4 Å². The van der Waals surface area contributed by atoms with E-state index in [4.69, 9.17) is 9.84 Å². The van der Waals surface area contributed by atoms with Crippen molar-refractivity contribution in [3.05, 3.63) is 59.4 Å². The van der Waals surface area contributed by atoms with Crippen LogP contribution in [0.2, 0.25) is 0 Å². The van der Waals surface area contributed by atoms with Crippen molar-refractivity contribution < 1.29 is 19.2 Å². The molecule has 0 radical (unpaired) electrons. The van der Waals surface area contributed by atoms with Gasteiger partial charge in [-0.2, -0.15) is 4.57 Å². The van der Waals surface area contributed by atoms with Gasteiger partial charge in [-0.15, -0.1) is 0 Å². The summed E-state index contributed by atoms with van der Waals surface area (Å²) in [5, 5.41) is 10.2. The van der Waals surface area contributed by atoms with E-state index >= 15 is 0 Å². The number of anilines is 1. The van der Waals surface area contributed by atoms with Crippen LogP contribution >= 0.6 is 11.3 Å². The molecule has 1 aliphatic heterocycles. The zero-order chi connectivity index (χ0) is 20.2. The van der Waals surface area contributed by atoms with Crippen molar-refractivity contribution in [2.24, 2.45) is 0 Å². The third-order valence-electron chi connectivity index (χ3n) is 5.03. The molecule has 0 atom stereocenters. The molecular formula is C23H25N2O3S+. The molecule has 6 heteroatoms. The average molecular weight is 410 g/mol. The number of thiazole rings is 1. The minimum Gasteiger partial charge on any atom is -0.481 e. The summed E-state index contributed by atoms with van der Waals surface area (Å²) in [5.41, 5.74) is 2.23. The highest BCUT2D eigenvalue weighted by molar-refractivity contribution is 7.18. The van der Waals surface area contributed by atoms with E-state index in [-0.39, 0.29) is 6.42 Å². The summed E-state index contributed by atoms with van der Waals surface area (Å²) in [5.74, 6) is 0.800. The van der Waals surface area contributed by atoms with Crippen molar-refractivity contribution in [1.29, 1.82) is 0 Å². The molecule has 5 nitrogen and oxygen atoms in total. The number of ether oxygens (including phenoxy) is 1. The molecule has 0 saturated carbocycles. The Morgan fingerprint density at radius 3 is 2.79 bits per heavy atom. The van der Waals surface area contributed by atoms with Crippen molar-refractivity contribution in [1.82, 2.24) is 0 Å². The lowest BCUT2D eigenvalue weighted by atomic mass is 10.2. The van der Waals surface area contributed by atoms with E-state index in [1.165, 1.54) is 10.2 Å². The highest BCUT2D eigenvalue weighted by Gasteiger charge is 2.28. The van der Waals surface area contributed by atoms with Gasteiger partial charge in [0.15, 0.2) is 12.3 Å². The van der Waals surface area contributed by atoms with E-state index in [9.17, 15) is 4.79 Å². The number of rotatable bonds is 8. The van der Waals surface area contributed by atoms with E-state index in [1.807, 2.05) is 24.3 Å². The Morgan fingerprint density at radius 1 is 1.17 bits per heavy atom. The minimum absolute atomic E-state index is 0.144. The number of benzene rings is 2. The van der Waals surface area contributed by atoms with Gasteiger partial charge in [-0.3, -0.25) is 4.79 Å². The van der Waals surface area contributed by atoms with Crippen LogP contribution in [0, 0.1) is 0 Å². The number of carbonyl (C=O) groups is 1. The average Bonchev–Trinajstić information content (AvgIpc) is 3.24. The van der Waals surface area contributed by atoms with Crippen LogP contribution in [0.1, 0.15) is 37.6 Å². The number of aromatic nitrogens is 1. The summed E-state index contributed by atoms with van der Waals surface area (Å²) >= 11 is 1.76. The number of para-hydroxylation sites is 3. The normalized spacial score (nSPS) is 14.4. The predicted octanol–water partition coefficient (Wildman–Crippen LogP) is 5.05. The topological polar surface area (TPSA) is 53.7 Å². The van der Waals surface area contributed by atoms with Crippen molar-refractivity contribution in [2.45, 2.75) is 39.2 Å². The standard InChI is InChI=1S/C23H24N2O3S/c1-2-3-14-25-18-10-5-7-12-20(18)29-22(25)16-21-24(15-8-13-23(26)27)17-9-4-6-11-19(17)28-21/h4-7,9-12,16H,2-3,8,13-15H2,1H3/p+1. The van der Waals surface area contributed by atoms with Crippen molar-refractivity contribution in [3.63, 3.8) is 0 Å². The maximum atomic E-state index is 11.0. The highest BCUT2D eigenvalue weighted by atomic mass is 32.1. The molecule has 0 unspecified atom stereocenters. The molecule has 2 aromatic carbocycles. The Morgan fingerprint density at radius 2 is 1.97 bits per heavy atom. The van der Waals surface area contributed by atoms with Crippen molar-refractivity contribution in [3.8, 4) is 5.75 Å². The molecule has 29 heavy (non-hydrogen) atoms. The first kappa shape index (κ1) is 19.5. The number of aryl methyl sites for hydroxylation is 1. The maximum Gasteiger partial charge on any atom is 0.303 e. The number of nitrogens with zero attached hydrogens (tertiary/aromatic N) is 2. The molecule has 3 aromatic rings. The largest absolute Gasteiger partial charge is 0.481 e. The fraction of sp³-hybridized carbons (Fsp3) is 0.304. The highest BCUT2D eigenvalue weighted by Crippen LogP contribution is 2.39. The predicted molar refractivity (Wildman–Crippen MR) is 116 cm³/mol. The number of hydrogen-bond donors (Lipinski definition) is 1. The Kier molecular flexibility index (Phi) is 5.81. The van der Waals surface area contributed by atoms with E-state index < -0.39 is 5.97 Å². The van der Waals surface area contributed by atoms with E-state index in [1.54, 1.807) is 11.3 Å². The van der Waals surface area contributed by atoms with Crippen LogP contribution < -0.4 is 14.2 Å². The molecule has 2 heterocycles. The van der Waals surface area contributed by atoms with Gasteiger partial charge in [0, 0.05) is 25.5 Å². The Labute approximate surface area is 174 Å².